The van der Waals surface area contributed by atoms with Crippen molar-refractivity contribution in [2.45, 2.75) is 22.8 Å². The van der Waals surface area contributed by atoms with E-state index in [1.807, 2.05) is 31.2 Å². The summed E-state index contributed by atoms with van der Waals surface area (Å²) in [6.45, 7) is 2.00. The van der Waals surface area contributed by atoms with Crippen molar-refractivity contribution in [1.82, 2.24) is 19.4 Å². The van der Waals surface area contributed by atoms with E-state index in [9.17, 15) is 8.42 Å². The quantitative estimate of drug-likeness (QED) is 0.426. The Balaban J connectivity index is 1.50. The lowest BCUT2D eigenvalue weighted by Gasteiger charge is -2.10. The van der Waals surface area contributed by atoms with E-state index in [4.69, 9.17) is 8.94 Å². The molecule has 2 aromatic heterocycles. The second kappa shape index (κ2) is 7.62. The molecule has 2 aromatic carbocycles. The highest BCUT2D eigenvalue weighted by Gasteiger charge is 2.19. The van der Waals surface area contributed by atoms with E-state index in [-0.39, 0.29) is 4.90 Å². The average molecular weight is 431 g/mol. The van der Waals surface area contributed by atoms with Crippen molar-refractivity contribution in [1.29, 1.82) is 0 Å². The maximum Gasteiger partial charge on any atom is 0.257 e. The summed E-state index contributed by atoms with van der Waals surface area (Å²) in [5, 5.41) is 4.40. The first-order valence-corrected chi connectivity index (χ1v) is 11.1. The summed E-state index contributed by atoms with van der Waals surface area (Å²) in [6.07, 6.45) is 0. The molecular weight excluding hydrogens is 412 g/mol. The summed E-state index contributed by atoms with van der Waals surface area (Å²) in [4.78, 5) is 8.94. The van der Waals surface area contributed by atoms with E-state index < -0.39 is 10.0 Å². The van der Waals surface area contributed by atoms with Crippen LogP contribution in [0.25, 0.3) is 22.6 Å². The molecule has 0 atom stereocenters. The van der Waals surface area contributed by atoms with Gasteiger partial charge in [0, 0.05) is 19.7 Å². The van der Waals surface area contributed by atoms with Crippen LogP contribution >= 0.6 is 11.8 Å². The van der Waals surface area contributed by atoms with Crippen molar-refractivity contribution in [2.75, 3.05) is 14.1 Å². The van der Waals surface area contributed by atoms with Crippen LogP contribution in [0.5, 0.6) is 0 Å². The van der Waals surface area contributed by atoms with Gasteiger partial charge in [-0.25, -0.2) is 17.7 Å². The Morgan fingerprint density at radius 1 is 1.10 bits per heavy atom. The van der Waals surface area contributed by atoms with Crippen molar-refractivity contribution >= 4 is 32.9 Å². The highest BCUT2D eigenvalue weighted by atomic mass is 32.2. The summed E-state index contributed by atoms with van der Waals surface area (Å²) in [6, 6.07) is 12.4. The zero-order chi connectivity index (χ0) is 20.6. The van der Waals surface area contributed by atoms with E-state index in [2.05, 4.69) is 15.1 Å². The molecule has 0 amide bonds. The molecule has 2 heterocycles. The van der Waals surface area contributed by atoms with Crippen molar-refractivity contribution in [3.05, 3.63) is 53.9 Å². The summed E-state index contributed by atoms with van der Waals surface area (Å²) in [5.74, 6) is 1.38. The third-order valence-electron chi connectivity index (χ3n) is 4.18. The van der Waals surface area contributed by atoms with Crippen LogP contribution in [0.1, 0.15) is 11.4 Å². The predicted octanol–water partition coefficient (Wildman–Crippen LogP) is 3.73. The van der Waals surface area contributed by atoms with Crippen molar-refractivity contribution in [2.24, 2.45) is 0 Å². The Hall–Kier alpha value is -2.69. The molecule has 29 heavy (non-hydrogen) atoms. The van der Waals surface area contributed by atoms with Crippen LogP contribution in [-0.2, 0) is 15.8 Å². The summed E-state index contributed by atoms with van der Waals surface area (Å²) >= 11 is 1.31. The molecule has 0 radical (unpaired) electrons. The minimum Gasteiger partial charge on any atom is -0.431 e. The minimum absolute atomic E-state index is 0.167. The van der Waals surface area contributed by atoms with Crippen LogP contribution in [0, 0.1) is 6.92 Å². The van der Waals surface area contributed by atoms with Gasteiger partial charge < -0.3 is 8.94 Å². The molecule has 0 saturated carbocycles. The molecule has 0 aliphatic heterocycles. The van der Waals surface area contributed by atoms with Crippen LogP contribution in [0.15, 0.2) is 61.5 Å². The molecular formula is C19H18N4O4S2. The van der Waals surface area contributed by atoms with Gasteiger partial charge in [-0.2, -0.15) is 4.98 Å². The molecule has 0 fully saturated rings. The van der Waals surface area contributed by atoms with Gasteiger partial charge in [-0.3, -0.25) is 0 Å². The molecule has 0 aliphatic carbocycles. The Morgan fingerprint density at radius 2 is 1.93 bits per heavy atom. The summed E-state index contributed by atoms with van der Waals surface area (Å²) < 4.78 is 36.7. The third kappa shape index (κ3) is 4.04. The van der Waals surface area contributed by atoms with Gasteiger partial charge >= 0.3 is 0 Å². The highest BCUT2D eigenvalue weighted by molar-refractivity contribution is 7.98. The fraction of sp³-hybridized carbons (Fsp3) is 0.211. The number of rotatable bonds is 6. The second-order valence-corrected chi connectivity index (χ2v) is 9.65. The SMILES string of the molecule is Cc1cccc(-c2nc(CSc3nc4cc(S(=O)(=O)N(C)C)ccc4o3)no2)c1. The first kappa shape index (κ1) is 19.6. The number of sulfonamides is 1. The van der Waals surface area contributed by atoms with Crippen molar-refractivity contribution < 1.29 is 17.4 Å². The topological polar surface area (TPSA) is 102 Å². The third-order valence-corrected chi connectivity index (χ3v) is 6.81. The molecule has 0 unspecified atom stereocenters. The van der Waals surface area contributed by atoms with Gasteiger partial charge in [0.15, 0.2) is 11.4 Å². The largest absolute Gasteiger partial charge is 0.431 e. The number of fused-ring (bicyclic) bond motifs is 1. The number of nitrogens with zero attached hydrogens (tertiary/aromatic N) is 4. The molecule has 8 nitrogen and oxygen atoms in total. The molecule has 0 saturated heterocycles. The van der Waals surface area contributed by atoms with Crippen LogP contribution in [0.4, 0.5) is 0 Å². The lowest BCUT2D eigenvalue weighted by atomic mass is 10.1. The normalized spacial score (nSPS) is 12.1. The molecule has 0 bridgehead atoms. The first-order chi connectivity index (χ1) is 13.8. The van der Waals surface area contributed by atoms with Gasteiger partial charge in [0.05, 0.1) is 10.6 Å². The summed E-state index contributed by atoms with van der Waals surface area (Å²) in [7, 11) is -0.557. The van der Waals surface area contributed by atoms with Crippen LogP contribution < -0.4 is 0 Å². The zero-order valence-electron chi connectivity index (χ0n) is 16.0. The van der Waals surface area contributed by atoms with Crippen molar-refractivity contribution in [3.63, 3.8) is 0 Å². The average Bonchev–Trinajstić information content (AvgIpc) is 3.32. The smallest absolute Gasteiger partial charge is 0.257 e. The van der Waals surface area contributed by atoms with E-state index in [1.54, 1.807) is 6.07 Å². The van der Waals surface area contributed by atoms with Gasteiger partial charge in [0.1, 0.15) is 5.52 Å². The van der Waals surface area contributed by atoms with Gasteiger partial charge in [-0.05, 0) is 37.3 Å². The van der Waals surface area contributed by atoms with Gasteiger partial charge in [0.2, 0.25) is 10.0 Å². The zero-order valence-corrected chi connectivity index (χ0v) is 17.6. The lowest BCUT2D eigenvalue weighted by molar-refractivity contribution is 0.425. The summed E-state index contributed by atoms with van der Waals surface area (Å²) in [5.41, 5.74) is 2.96. The van der Waals surface area contributed by atoms with E-state index in [1.165, 1.54) is 38.0 Å². The van der Waals surface area contributed by atoms with Crippen molar-refractivity contribution in [3.8, 4) is 11.5 Å². The maximum absolute atomic E-state index is 12.3. The minimum atomic E-state index is -3.53. The fourth-order valence-corrected chi connectivity index (χ4v) is 4.26. The highest BCUT2D eigenvalue weighted by Crippen LogP contribution is 2.28. The molecule has 4 rings (SSSR count). The number of oxazole rings is 1. The molecule has 150 valence electrons. The van der Waals surface area contributed by atoms with E-state index >= 15 is 0 Å². The van der Waals surface area contributed by atoms with E-state index in [0.717, 1.165) is 15.4 Å². The van der Waals surface area contributed by atoms with Crippen LogP contribution in [-0.4, -0.2) is 41.9 Å². The number of aromatic nitrogens is 3. The Morgan fingerprint density at radius 3 is 2.69 bits per heavy atom. The fourth-order valence-electron chi connectivity index (χ4n) is 2.65. The molecule has 0 aliphatic rings. The lowest BCUT2D eigenvalue weighted by Crippen LogP contribution is -2.22. The maximum atomic E-state index is 12.3. The van der Waals surface area contributed by atoms with Gasteiger partial charge in [-0.1, -0.05) is 34.6 Å². The molecule has 0 spiro atoms. The number of aryl methyl sites for hydroxylation is 1. The number of hydrogen-bond donors (Lipinski definition) is 0. The van der Waals surface area contributed by atoms with Gasteiger partial charge in [-0.15, -0.1) is 0 Å². The van der Waals surface area contributed by atoms with Crippen LogP contribution in [0.3, 0.4) is 0 Å². The van der Waals surface area contributed by atoms with E-state index in [0.29, 0.717) is 33.8 Å². The predicted molar refractivity (Wildman–Crippen MR) is 109 cm³/mol. The monoisotopic (exact) mass is 430 g/mol. The Kier molecular flexibility index (Phi) is 5.15. The number of thioether (sulfide) groups is 1. The number of hydrogen-bond acceptors (Lipinski definition) is 8. The Bertz CT molecular complexity index is 1280. The van der Waals surface area contributed by atoms with Gasteiger partial charge in [0.25, 0.3) is 11.1 Å². The molecule has 0 N–H and O–H groups in total. The number of benzene rings is 2. The standard InChI is InChI=1S/C19H18N4O4S2/c1-12-5-4-6-13(9-12)18-21-17(22-27-18)11-28-19-20-15-10-14(7-8-16(15)26-19)29(24,25)23(2)3/h4-10H,11H2,1-3H3. The van der Waals surface area contributed by atoms with Crippen LogP contribution in [0.2, 0.25) is 0 Å². The second-order valence-electron chi connectivity index (χ2n) is 6.57. The molecule has 10 heteroatoms. The first-order valence-electron chi connectivity index (χ1n) is 8.68. The molecule has 4 aromatic rings. The Labute approximate surface area is 172 Å².